The van der Waals surface area contributed by atoms with Crippen molar-refractivity contribution in [2.45, 2.75) is 24.9 Å². The van der Waals surface area contributed by atoms with Crippen molar-refractivity contribution in [1.82, 2.24) is 4.98 Å². The minimum absolute atomic E-state index is 0.0781. The molecule has 0 spiro atoms. The Kier molecular flexibility index (Phi) is 5.97. The number of carbonyl (C=O) groups is 1. The molecular formula is C25H22N2O6S. The topological polar surface area (TPSA) is 127 Å². The smallest absolute Gasteiger partial charge is 0.337 e. The number of nitrogens with zero attached hydrogens (tertiary/aromatic N) is 1. The average Bonchev–Trinajstić information content (AvgIpc) is 2.78. The third-order valence-corrected chi connectivity index (χ3v) is 6.40. The molecule has 1 atom stereocenters. The fourth-order valence-electron chi connectivity index (χ4n) is 3.75. The zero-order chi connectivity index (χ0) is 24.6. The molecule has 0 aliphatic rings. The van der Waals surface area contributed by atoms with Crippen LogP contribution in [0.3, 0.4) is 0 Å². The van der Waals surface area contributed by atoms with E-state index >= 15 is 0 Å². The molecule has 0 radical (unpaired) electrons. The van der Waals surface area contributed by atoms with E-state index in [1.54, 1.807) is 24.3 Å². The highest BCUT2D eigenvalue weighted by atomic mass is 32.2. The van der Waals surface area contributed by atoms with E-state index in [0.29, 0.717) is 27.8 Å². The lowest BCUT2D eigenvalue weighted by Crippen LogP contribution is -2.12. The number of hydrogen-bond donors (Lipinski definition) is 2. The van der Waals surface area contributed by atoms with Crippen molar-refractivity contribution in [2.24, 2.45) is 0 Å². The highest BCUT2D eigenvalue weighted by Crippen LogP contribution is 2.31. The van der Waals surface area contributed by atoms with Crippen LogP contribution in [0.5, 0.6) is 0 Å². The Morgan fingerprint density at radius 3 is 2.50 bits per heavy atom. The van der Waals surface area contributed by atoms with E-state index in [4.69, 9.17) is 4.42 Å². The highest BCUT2D eigenvalue weighted by Gasteiger charge is 2.19. The zero-order valence-electron chi connectivity index (χ0n) is 18.7. The SMILES string of the molecule is Cc1cc(C(C)Nc2ccccc2C(=O)O)c2oc(-c3ccc(S(C)(=O)=O)nc3)cc(=O)c2c1. The molecule has 34 heavy (non-hydrogen) atoms. The predicted octanol–water partition coefficient (Wildman–Crippen LogP) is 4.44. The van der Waals surface area contributed by atoms with Gasteiger partial charge in [0.05, 0.1) is 17.0 Å². The molecule has 0 amide bonds. The Bertz CT molecular complexity index is 1570. The number of pyridine rings is 1. The number of rotatable bonds is 6. The van der Waals surface area contributed by atoms with Gasteiger partial charge in [-0.25, -0.2) is 18.2 Å². The zero-order valence-corrected chi connectivity index (χ0v) is 19.5. The van der Waals surface area contributed by atoms with Crippen LogP contribution in [0, 0.1) is 6.92 Å². The van der Waals surface area contributed by atoms with Gasteiger partial charge in [0.1, 0.15) is 11.3 Å². The molecule has 4 rings (SSSR count). The third kappa shape index (κ3) is 4.55. The molecule has 0 saturated heterocycles. The van der Waals surface area contributed by atoms with Gasteiger partial charge < -0.3 is 14.8 Å². The second-order valence-corrected chi connectivity index (χ2v) is 10.0. The number of aromatic nitrogens is 1. The second-order valence-electron chi connectivity index (χ2n) is 8.08. The minimum Gasteiger partial charge on any atom is -0.478 e. The second kappa shape index (κ2) is 8.75. The van der Waals surface area contributed by atoms with Crippen LogP contribution in [0.15, 0.2) is 75.0 Å². The van der Waals surface area contributed by atoms with Crippen LogP contribution in [0.2, 0.25) is 0 Å². The lowest BCUT2D eigenvalue weighted by atomic mass is 10.00. The van der Waals surface area contributed by atoms with Crippen molar-refractivity contribution < 1.29 is 22.7 Å². The molecular weight excluding hydrogens is 456 g/mol. The van der Waals surface area contributed by atoms with E-state index < -0.39 is 21.8 Å². The lowest BCUT2D eigenvalue weighted by Gasteiger charge is -2.19. The van der Waals surface area contributed by atoms with Crippen molar-refractivity contribution in [3.05, 3.63) is 87.7 Å². The summed E-state index contributed by atoms with van der Waals surface area (Å²) in [6.45, 7) is 3.71. The highest BCUT2D eigenvalue weighted by molar-refractivity contribution is 7.90. The normalized spacial score (nSPS) is 12.4. The van der Waals surface area contributed by atoms with Gasteiger partial charge in [-0.05, 0) is 49.7 Å². The molecule has 0 aliphatic heterocycles. The van der Waals surface area contributed by atoms with Gasteiger partial charge in [0.15, 0.2) is 20.3 Å². The van der Waals surface area contributed by atoms with Crippen molar-refractivity contribution in [1.29, 1.82) is 0 Å². The van der Waals surface area contributed by atoms with E-state index in [2.05, 4.69) is 10.3 Å². The number of carboxylic acid groups (broad SMARTS) is 1. The number of nitrogens with one attached hydrogen (secondary N) is 1. The Hall–Kier alpha value is -3.98. The fourth-order valence-corrected chi connectivity index (χ4v) is 4.31. The monoisotopic (exact) mass is 478 g/mol. The van der Waals surface area contributed by atoms with Gasteiger partial charge in [-0.3, -0.25) is 4.79 Å². The molecule has 0 saturated carbocycles. The molecule has 2 N–H and O–H groups in total. The number of hydrogen-bond acceptors (Lipinski definition) is 7. The Morgan fingerprint density at radius 1 is 1.12 bits per heavy atom. The number of benzene rings is 2. The summed E-state index contributed by atoms with van der Waals surface area (Å²) in [7, 11) is -3.46. The Balaban J connectivity index is 1.82. The summed E-state index contributed by atoms with van der Waals surface area (Å²) in [5, 5.41) is 13.0. The number of carboxylic acids is 1. The largest absolute Gasteiger partial charge is 0.478 e. The third-order valence-electron chi connectivity index (χ3n) is 5.40. The molecule has 174 valence electrons. The first kappa shape index (κ1) is 23.2. The summed E-state index contributed by atoms with van der Waals surface area (Å²) >= 11 is 0. The van der Waals surface area contributed by atoms with Crippen LogP contribution in [0.4, 0.5) is 5.69 Å². The summed E-state index contributed by atoms with van der Waals surface area (Å²) in [6.07, 6.45) is 2.41. The molecule has 0 bridgehead atoms. The summed E-state index contributed by atoms with van der Waals surface area (Å²) in [5.41, 5.74) is 2.65. The van der Waals surface area contributed by atoms with Gasteiger partial charge in [0.25, 0.3) is 0 Å². The van der Waals surface area contributed by atoms with Gasteiger partial charge >= 0.3 is 5.97 Å². The van der Waals surface area contributed by atoms with E-state index in [0.717, 1.165) is 11.8 Å². The van der Waals surface area contributed by atoms with Crippen LogP contribution < -0.4 is 10.7 Å². The van der Waals surface area contributed by atoms with Gasteiger partial charge in [0, 0.05) is 35.3 Å². The van der Waals surface area contributed by atoms with Crippen LogP contribution in [0.25, 0.3) is 22.3 Å². The Labute approximate surface area is 195 Å². The van der Waals surface area contributed by atoms with Crippen molar-refractivity contribution in [3.63, 3.8) is 0 Å². The van der Waals surface area contributed by atoms with Gasteiger partial charge in [-0.15, -0.1) is 0 Å². The molecule has 2 aromatic heterocycles. The number of aromatic carboxylic acids is 1. The maximum Gasteiger partial charge on any atom is 0.337 e. The quantitative estimate of drug-likeness (QED) is 0.416. The maximum atomic E-state index is 13.0. The predicted molar refractivity (Wildman–Crippen MR) is 129 cm³/mol. The molecule has 8 nitrogen and oxygen atoms in total. The summed E-state index contributed by atoms with van der Waals surface area (Å²) in [4.78, 5) is 28.5. The van der Waals surface area contributed by atoms with Gasteiger partial charge in [-0.2, -0.15) is 0 Å². The molecule has 0 fully saturated rings. The molecule has 2 heterocycles. The van der Waals surface area contributed by atoms with Gasteiger partial charge in [-0.1, -0.05) is 18.2 Å². The maximum absolute atomic E-state index is 13.0. The average molecular weight is 479 g/mol. The van der Waals surface area contributed by atoms with Crippen molar-refractivity contribution >= 4 is 32.5 Å². The fraction of sp³-hybridized carbons (Fsp3) is 0.160. The number of aryl methyl sites for hydroxylation is 1. The van der Waals surface area contributed by atoms with Crippen LogP contribution in [-0.2, 0) is 9.84 Å². The Morgan fingerprint density at radius 2 is 1.85 bits per heavy atom. The van der Waals surface area contributed by atoms with Crippen LogP contribution in [-0.4, -0.2) is 30.7 Å². The summed E-state index contributed by atoms with van der Waals surface area (Å²) < 4.78 is 29.5. The number of anilines is 1. The number of para-hydroxylation sites is 1. The lowest BCUT2D eigenvalue weighted by molar-refractivity contribution is 0.0698. The minimum atomic E-state index is -3.46. The van der Waals surface area contributed by atoms with Crippen LogP contribution >= 0.6 is 0 Å². The number of fused-ring (bicyclic) bond motifs is 1. The molecule has 1 unspecified atom stereocenters. The molecule has 2 aromatic carbocycles. The first-order valence-corrected chi connectivity index (χ1v) is 12.3. The van der Waals surface area contributed by atoms with E-state index in [1.807, 2.05) is 19.9 Å². The van der Waals surface area contributed by atoms with E-state index in [1.165, 1.54) is 30.5 Å². The first-order valence-electron chi connectivity index (χ1n) is 10.4. The van der Waals surface area contributed by atoms with Crippen LogP contribution in [0.1, 0.15) is 34.5 Å². The molecule has 9 heteroatoms. The number of sulfone groups is 1. The standard InChI is InChI=1S/C25H22N2O6S/c1-14-10-18(15(2)27-20-7-5-4-6-17(20)25(29)30)24-19(11-14)21(28)12-22(33-24)16-8-9-23(26-13-16)34(3,31)32/h4-13,15,27H,1-3H3,(H,29,30). The summed E-state index contributed by atoms with van der Waals surface area (Å²) in [6, 6.07) is 14.0. The molecule has 0 aliphatic carbocycles. The van der Waals surface area contributed by atoms with E-state index in [-0.39, 0.29) is 21.8 Å². The van der Waals surface area contributed by atoms with Gasteiger partial charge in [0.2, 0.25) is 0 Å². The molecule has 4 aromatic rings. The first-order chi connectivity index (χ1) is 16.0. The van der Waals surface area contributed by atoms with E-state index in [9.17, 15) is 23.1 Å². The van der Waals surface area contributed by atoms with Crippen molar-refractivity contribution in [2.75, 3.05) is 11.6 Å². The summed E-state index contributed by atoms with van der Waals surface area (Å²) in [5.74, 6) is -0.809. The van der Waals surface area contributed by atoms with Crippen molar-refractivity contribution in [3.8, 4) is 11.3 Å².